The van der Waals surface area contributed by atoms with Gasteiger partial charge < -0.3 is 10.3 Å². The van der Waals surface area contributed by atoms with Gasteiger partial charge in [0.25, 0.3) is 0 Å². The molecule has 1 aromatic rings. The van der Waals surface area contributed by atoms with Crippen molar-refractivity contribution >= 4 is 5.82 Å². The highest BCUT2D eigenvalue weighted by Crippen LogP contribution is 2.34. The van der Waals surface area contributed by atoms with Crippen molar-refractivity contribution in [2.75, 3.05) is 5.73 Å². The lowest BCUT2D eigenvalue weighted by atomic mass is 9.88. The Hall–Kier alpha value is -1.43. The Bertz CT molecular complexity index is 461. The van der Waals surface area contributed by atoms with Gasteiger partial charge in [0.2, 0.25) is 0 Å². The van der Waals surface area contributed by atoms with E-state index in [2.05, 4.69) is 17.4 Å². The van der Waals surface area contributed by atoms with Crippen molar-refractivity contribution in [2.45, 2.75) is 77.2 Å². The van der Waals surface area contributed by atoms with Gasteiger partial charge in [-0.1, -0.05) is 44.9 Å². The van der Waals surface area contributed by atoms with Gasteiger partial charge in [0.15, 0.2) is 0 Å². The fraction of sp³-hybridized carbons (Fsp3) is 0.706. The molecule has 1 aromatic heterocycles. The number of hydrogen-bond donors (Lipinski definition) is 1. The topological polar surface area (TPSA) is 43.8 Å². The number of anilines is 1. The van der Waals surface area contributed by atoms with Gasteiger partial charge in [-0.05, 0) is 25.7 Å². The van der Waals surface area contributed by atoms with Gasteiger partial charge in [0, 0.05) is 5.92 Å². The minimum absolute atomic E-state index is 0.554. The van der Waals surface area contributed by atoms with Gasteiger partial charge in [-0.2, -0.15) is 0 Å². The van der Waals surface area contributed by atoms with E-state index >= 15 is 0 Å². The second-order valence-corrected chi connectivity index (χ2v) is 5.88. The fourth-order valence-corrected chi connectivity index (χ4v) is 3.19. The normalized spacial score (nSPS) is 16.2. The highest BCUT2D eigenvalue weighted by molar-refractivity contribution is 5.40. The lowest BCUT2D eigenvalue weighted by molar-refractivity contribution is 0.419. The third-order valence-corrected chi connectivity index (χ3v) is 4.35. The summed E-state index contributed by atoms with van der Waals surface area (Å²) in [6.45, 7) is 2.77. The third kappa shape index (κ3) is 3.36. The van der Waals surface area contributed by atoms with Crippen molar-refractivity contribution in [3.05, 3.63) is 11.5 Å². The number of nitrogens with zero attached hydrogens (tertiary/aromatic N) is 2. The van der Waals surface area contributed by atoms with E-state index in [4.69, 9.17) is 17.1 Å². The van der Waals surface area contributed by atoms with Gasteiger partial charge in [-0.15, -0.1) is 6.42 Å². The minimum atomic E-state index is 0.554. The minimum Gasteiger partial charge on any atom is -0.384 e. The van der Waals surface area contributed by atoms with Crippen molar-refractivity contribution < 1.29 is 0 Å². The maximum Gasteiger partial charge on any atom is 0.127 e. The number of aryl methyl sites for hydroxylation is 1. The molecule has 2 rings (SSSR count). The number of hydrogen-bond acceptors (Lipinski definition) is 2. The first-order chi connectivity index (χ1) is 9.77. The maximum atomic E-state index is 6.28. The van der Waals surface area contributed by atoms with Crippen molar-refractivity contribution in [3.63, 3.8) is 0 Å². The van der Waals surface area contributed by atoms with Crippen molar-refractivity contribution in [3.8, 4) is 12.3 Å². The summed E-state index contributed by atoms with van der Waals surface area (Å²) in [4.78, 5) is 4.87. The molecule has 3 nitrogen and oxygen atoms in total. The zero-order valence-corrected chi connectivity index (χ0v) is 12.7. The van der Waals surface area contributed by atoms with Crippen molar-refractivity contribution in [1.29, 1.82) is 0 Å². The van der Waals surface area contributed by atoms with E-state index in [9.17, 15) is 0 Å². The molecule has 0 radical (unpaired) electrons. The lowest BCUT2D eigenvalue weighted by Crippen LogP contribution is -2.13. The molecule has 1 aliphatic carbocycles. The summed E-state index contributed by atoms with van der Waals surface area (Å²) < 4.78 is 2.08. The van der Waals surface area contributed by atoms with Gasteiger partial charge in [-0.3, -0.25) is 0 Å². The number of imidazole rings is 1. The zero-order chi connectivity index (χ0) is 14.4. The maximum absolute atomic E-state index is 6.28. The second-order valence-electron chi connectivity index (χ2n) is 5.88. The molecule has 3 heteroatoms. The summed E-state index contributed by atoms with van der Waals surface area (Å²) >= 11 is 0. The van der Waals surface area contributed by atoms with Crippen LogP contribution < -0.4 is 5.73 Å². The highest BCUT2D eigenvalue weighted by atomic mass is 15.1. The number of rotatable bonds is 6. The highest BCUT2D eigenvalue weighted by Gasteiger charge is 2.23. The molecule has 1 aliphatic rings. The van der Waals surface area contributed by atoms with E-state index in [-0.39, 0.29) is 0 Å². The molecule has 0 amide bonds. The van der Waals surface area contributed by atoms with Crippen LogP contribution in [-0.4, -0.2) is 9.55 Å². The summed E-state index contributed by atoms with van der Waals surface area (Å²) in [5.41, 5.74) is 7.35. The second kappa shape index (κ2) is 7.38. The van der Waals surface area contributed by atoms with E-state index in [0.717, 1.165) is 30.2 Å². The Balaban J connectivity index is 2.20. The third-order valence-electron chi connectivity index (χ3n) is 4.35. The van der Waals surface area contributed by atoms with Gasteiger partial charge in [-0.25, -0.2) is 4.98 Å². The van der Waals surface area contributed by atoms with Crippen LogP contribution >= 0.6 is 0 Å². The molecule has 0 unspecified atom stereocenters. The first-order valence-corrected chi connectivity index (χ1v) is 8.06. The Kier molecular flexibility index (Phi) is 5.52. The zero-order valence-electron chi connectivity index (χ0n) is 12.7. The summed E-state index contributed by atoms with van der Waals surface area (Å²) in [7, 11) is 0. The molecule has 1 fully saturated rings. The monoisotopic (exact) mass is 273 g/mol. The Morgan fingerprint density at radius 1 is 1.30 bits per heavy atom. The number of terminal acetylenes is 1. The molecule has 1 saturated carbocycles. The standard InChI is InChI=1S/C17H27N3/c1-3-5-7-12-15-16(18)20(13-4-2)17(19-15)14-10-8-6-9-11-14/h2,14H,3,5-13,18H2,1H3. The predicted molar refractivity (Wildman–Crippen MR) is 84.5 cm³/mol. The summed E-state index contributed by atoms with van der Waals surface area (Å²) in [6.07, 6.45) is 16.5. The van der Waals surface area contributed by atoms with E-state index < -0.39 is 0 Å². The number of aromatic nitrogens is 2. The molecular formula is C17H27N3. The van der Waals surface area contributed by atoms with Gasteiger partial charge >= 0.3 is 0 Å². The summed E-state index contributed by atoms with van der Waals surface area (Å²) in [5, 5.41) is 0. The van der Waals surface area contributed by atoms with Crippen LogP contribution in [0.2, 0.25) is 0 Å². The number of unbranched alkanes of at least 4 members (excludes halogenated alkanes) is 2. The Morgan fingerprint density at radius 3 is 2.70 bits per heavy atom. The van der Waals surface area contributed by atoms with E-state index in [0.29, 0.717) is 12.5 Å². The first-order valence-electron chi connectivity index (χ1n) is 8.06. The molecule has 1 heterocycles. The quantitative estimate of drug-likeness (QED) is 0.631. The van der Waals surface area contributed by atoms with Crippen LogP contribution in [0.25, 0.3) is 0 Å². The molecule has 0 aromatic carbocycles. The Labute approximate surface area is 123 Å². The number of nitrogens with two attached hydrogens (primary N) is 1. The summed E-state index contributed by atoms with van der Waals surface area (Å²) in [5.74, 6) is 5.23. The van der Waals surface area contributed by atoms with Crippen LogP contribution in [0.15, 0.2) is 0 Å². The van der Waals surface area contributed by atoms with Crippen LogP contribution in [0.1, 0.15) is 75.7 Å². The van der Waals surface area contributed by atoms with Gasteiger partial charge in [0.05, 0.1) is 12.2 Å². The number of nitrogen functional groups attached to an aromatic ring is 1. The average molecular weight is 273 g/mol. The molecule has 20 heavy (non-hydrogen) atoms. The summed E-state index contributed by atoms with van der Waals surface area (Å²) in [6, 6.07) is 0. The van der Waals surface area contributed by atoms with Crippen molar-refractivity contribution in [1.82, 2.24) is 9.55 Å². The van der Waals surface area contributed by atoms with Gasteiger partial charge in [0.1, 0.15) is 11.6 Å². The molecule has 0 bridgehead atoms. The van der Waals surface area contributed by atoms with E-state index in [1.54, 1.807) is 0 Å². The van der Waals surface area contributed by atoms with Crippen molar-refractivity contribution in [2.24, 2.45) is 0 Å². The van der Waals surface area contributed by atoms with Crippen LogP contribution in [0.4, 0.5) is 5.82 Å². The van der Waals surface area contributed by atoms with Crippen LogP contribution in [0, 0.1) is 12.3 Å². The molecule has 110 valence electrons. The molecule has 0 aliphatic heterocycles. The van der Waals surface area contributed by atoms with E-state index in [1.807, 2.05) is 0 Å². The molecular weight excluding hydrogens is 246 g/mol. The lowest BCUT2D eigenvalue weighted by Gasteiger charge is -2.21. The smallest absolute Gasteiger partial charge is 0.127 e. The predicted octanol–water partition coefficient (Wildman–Crippen LogP) is 3.88. The first kappa shape index (κ1) is 15.0. The van der Waals surface area contributed by atoms with Crippen LogP contribution in [0.5, 0.6) is 0 Å². The SMILES string of the molecule is C#CCn1c(C2CCCCC2)nc(CCCCC)c1N. The average Bonchev–Trinajstić information content (AvgIpc) is 2.78. The molecule has 2 N–H and O–H groups in total. The molecule has 0 saturated heterocycles. The fourth-order valence-electron chi connectivity index (χ4n) is 3.19. The molecule has 0 spiro atoms. The van der Waals surface area contributed by atoms with Crippen LogP contribution in [-0.2, 0) is 13.0 Å². The largest absolute Gasteiger partial charge is 0.384 e. The Morgan fingerprint density at radius 2 is 2.05 bits per heavy atom. The molecule has 0 atom stereocenters. The van der Waals surface area contributed by atoms with Crippen LogP contribution in [0.3, 0.4) is 0 Å². The van der Waals surface area contributed by atoms with E-state index in [1.165, 1.54) is 44.9 Å².